The molecule has 2 heteroatoms. The van der Waals surface area contributed by atoms with E-state index in [-0.39, 0.29) is 0 Å². The maximum atomic E-state index is 10.2. The van der Waals surface area contributed by atoms with Gasteiger partial charge in [-0.1, -0.05) is 57.6 Å². The van der Waals surface area contributed by atoms with Crippen molar-refractivity contribution in [3.05, 3.63) is 47.6 Å². The van der Waals surface area contributed by atoms with E-state index in [1.807, 2.05) is 13.8 Å². The van der Waals surface area contributed by atoms with Crippen LogP contribution in [-0.2, 0) is 0 Å². The smallest absolute Gasteiger partial charge is 0.0791 e. The van der Waals surface area contributed by atoms with Crippen LogP contribution >= 0.6 is 0 Å². The lowest BCUT2D eigenvalue weighted by Crippen LogP contribution is -2.36. The average Bonchev–Trinajstić information content (AvgIpc) is 3.00. The van der Waals surface area contributed by atoms with Crippen molar-refractivity contribution in [2.75, 3.05) is 0 Å². The van der Waals surface area contributed by atoms with Crippen molar-refractivity contribution in [1.82, 2.24) is 0 Å². The number of fused-ring (bicyclic) bond motifs is 1. The van der Waals surface area contributed by atoms with Gasteiger partial charge in [0.05, 0.1) is 11.7 Å². The predicted octanol–water partition coefficient (Wildman–Crippen LogP) is 6.90. The minimum Gasteiger partial charge on any atom is -0.390 e. The second-order valence-electron chi connectivity index (χ2n) is 11.4. The Bertz CT molecular complexity index is 719. The molecule has 0 amide bonds. The molecule has 3 saturated carbocycles. The van der Waals surface area contributed by atoms with Crippen LogP contribution in [0.2, 0.25) is 0 Å². The molecule has 0 saturated heterocycles. The summed E-state index contributed by atoms with van der Waals surface area (Å²) in [5, 5.41) is 20.2. The Morgan fingerprint density at radius 1 is 1.23 bits per heavy atom. The monoisotopic (exact) mass is 412 g/mol. The van der Waals surface area contributed by atoms with Crippen LogP contribution in [0, 0.1) is 23.2 Å². The topological polar surface area (TPSA) is 40.5 Å². The highest BCUT2D eigenvalue weighted by Crippen LogP contribution is 2.60. The molecule has 2 unspecified atom stereocenters. The number of rotatable bonds is 6. The van der Waals surface area contributed by atoms with Crippen LogP contribution in [-0.4, -0.2) is 21.9 Å². The Kier molecular flexibility index (Phi) is 7.19. The summed E-state index contributed by atoms with van der Waals surface area (Å²) >= 11 is 0. The highest BCUT2D eigenvalue weighted by molar-refractivity contribution is 5.41. The summed E-state index contributed by atoms with van der Waals surface area (Å²) in [5.74, 6) is 2.20. The SMILES string of the molecule is C=C1CC(=C)[C@H](O)CC1=CC=C1CCC[C@@]2(C)C1CCC2[C@H](C)CCCC(C)(C)O. The molecule has 0 aliphatic heterocycles. The molecule has 0 spiro atoms. The van der Waals surface area contributed by atoms with Gasteiger partial charge in [0, 0.05) is 6.42 Å². The summed E-state index contributed by atoms with van der Waals surface area (Å²) in [6.07, 6.45) is 15.3. The number of hydrogen-bond donors (Lipinski definition) is 2. The predicted molar refractivity (Wildman–Crippen MR) is 127 cm³/mol. The fourth-order valence-electron chi connectivity index (χ4n) is 6.67. The Morgan fingerprint density at radius 3 is 2.67 bits per heavy atom. The molecular formula is C28H44O2. The zero-order valence-electron chi connectivity index (χ0n) is 19.8. The van der Waals surface area contributed by atoms with Crippen LogP contribution in [0.5, 0.6) is 0 Å². The first-order valence-electron chi connectivity index (χ1n) is 12.2. The van der Waals surface area contributed by atoms with Crippen molar-refractivity contribution >= 4 is 0 Å². The van der Waals surface area contributed by atoms with E-state index in [0.29, 0.717) is 17.8 Å². The molecule has 0 aromatic heterocycles. The largest absolute Gasteiger partial charge is 0.390 e. The minimum atomic E-state index is -0.543. The molecule has 0 radical (unpaired) electrons. The first-order chi connectivity index (χ1) is 14.0. The number of hydrogen-bond acceptors (Lipinski definition) is 2. The Labute approximate surface area is 184 Å². The van der Waals surface area contributed by atoms with E-state index in [1.165, 1.54) is 44.1 Å². The minimum absolute atomic E-state index is 0.411. The van der Waals surface area contributed by atoms with Crippen LogP contribution in [0.25, 0.3) is 0 Å². The summed E-state index contributed by atoms with van der Waals surface area (Å²) < 4.78 is 0. The molecule has 2 nitrogen and oxygen atoms in total. The molecule has 0 bridgehead atoms. The average molecular weight is 413 g/mol. The van der Waals surface area contributed by atoms with E-state index in [2.05, 4.69) is 39.2 Å². The van der Waals surface area contributed by atoms with Gasteiger partial charge >= 0.3 is 0 Å². The van der Waals surface area contributed by atoms with Gasteiger partial charge in [-0.3, -0.25) is 0 Å². The van der Waals surface area contributed by atoms with Crippen LogP contribution in [0.3, 0.4) is 0 Å². The number of aliphatic hydroxyl groups is 2. The first kappa shape index (κ1) is 23.5. The Morgan fingerprint density at radius 2 is 1.97 bits per heavy atom. The lowest BCUT2D eigenvalue weighted by atomic mass is 9.60. The third-order valence-electron chi connectivity index (χ3n) is 8.45. The molecule has 0 heterocycles. The van der Waals surface area contributed by atoms with Gasteiger partial charge in [0.2, 0.25) is 0 Å². The fraction of sp³-hybridized carbons (Fsp3) is 0.714. The molecule has 5 atom stereocenters. The summed E-state index contributed by atoms with van der Waals surface area (Å²) in [5.41, 5.74) is 4.70. The molecular weight excluding hydrogens is 368 g/mol. The molecule has 3 fully saturated rings. The Hall–Kier alpha value is -1.12. The van der Waals surface area contributed by atoms with Gasteiger partial charge in [-0.2, -0.15) is 0 Å². The van der Waals surface area contributed by atoms with Crippen LogP contribution in [0.15, 0.2) is 47.6 Å². The maximum Gasteiger partial charge on any atom is 0.0791 e. The van der Waals surface area contributed by atoms with E-state index in [9.17, 15) is 10.2 Å². The second kappa shape index (κ2) is 9.17. The third kappa shape index (κ3) is 5.19. The van der Waals surface area contributed by atoms with Gasteiger partial charge in [-0.05, 0) is 98.7 Å². The standard InChI is InChI=1S/C28H44O2/c1-19(9-7-15-27(4,5)30)24-13-14-25-22(10-8-16-28(24,25)6)11-12-23-18-26(29)21(3)17-20(23)2/h11-12,19,24-26,29-30H,2-3,7-10,13-18H2,1,4-6H3/t19-,24?,25?,26-,28-/m1/s1. The van der Waals surface area contributed by atoms with Crippen molar-refractivity contribution in [1.29, 1.82) is 0 Å². The van der Waals surface area contributed by atoms with Gasteiger partial charge in [0.15, 0.2) is 0 Å². The Balaban J connectivity index is 1.69. The normalized spacial score (nSPS) is 36.4. The third-order valence-corrected chi connectivity index (χ3v) is 8.45. The van der Waals surface area contributed by atoms with Crippen molar-refractivity contribution in [3.8, 4) is 0 Å². The summed E-state index contributed by atoms with van der Waals surface area (Å²) in [6.45, 7) is 17.0. The van der Waals surface area contributed by atoms with Gasteiger partial charge in [-0.15, -0.1) is 0 Å². The maximum absolute atomic E-state index is 10.2. The lowest BCUT2D eigenvalue weighted by Gasteiger charge is -2.44. The van der Waals surface area contributed by atoms with E-state index < -0.39 is 11.7 Å². The molecule has 30 heavy (non-hydrogen) atoms. The molecule has 3 aliphatic carbocycles. The van der Waals surface area contributed by atoms with Crippen molar-refractivity contribution in [3.63, 3.8) is 0 Å². The van der Waals surface area contributed by atoms with Gasteiger partial charge in [-0.25, -0.2) is 0 Å². The summed E-state index contributed by atoms with van der Waals surface area (Å²) in [6, 6.07) is 0. The summed E-state index contributed by atoms with van der Waals surface area (Å²) in [7, 11) is 0. The highest BCUT2D eigenvalue weighted by atomic mass is 16.3. The highest BCUT2D eigenvalue weighted by Gasteiger charge is 2.50. The van der Waals surface area contributed by atoms with Gasteiger partial charge < -0.3 is 10.2 Å². The number of allylic oxidation sites excluding steroid dienone is 4. The fourth-order valence-corrected chi connectivity index (χ4v) is 6.67. The van der Waals surface area contributed by atoms with Gasteiger partial charge in [0.25, 0.3) is 0 Å². The van der Waals surface area contributed by atoms with E-state index in [0.717, 1.165) is 42.2 Å². The molecule has 3 aliphatic rings. The van der Waals surface area contributed by atoms with Crippen LogP contribution in [0.4, 0.5) is 0 Å². The first-order valence-corrected chi connectivity index (χ1v) is 12.2. The van der Waals surface area contributed by atoms with Crippen molar-refractivity contribution < 1.29 is 10.2 Å². The molecule has 168 valence electrons. The van der Waals surface area contributed by atoms with Crippen LogP contribution in [0.1, 0.15) is 91.9 Å². The second-order valence-corrected chi connectivity index (χ2v) is 11.4. The zero-order chi connectivity index (χ0) is 22.1. The zero-order valence-corrected chi connectivity index (χ0v) is 19.8. The van der Waals surface area contributed by atoms with Gasteiger partial charge in [0.1, 0.15) is 0 Å². The summed E-state index contributed by atoms with van der Waals surface area (Å²) in [4.78, 5) is 0. The van der Waals surface area contributed by atoms with E-state index in [1.54, 1.807) is 5.57 Å². The molecule has 2 N–H and O–H groups in total. The molecule has 0 aromatic carbocycles. The van der Waals surface area contributed by atoms with Crippen molar-refractivity contribution in [2.24, 2.45) is 23.2 Å². The van der Waals surface area contributed by atoms with Crippen molar-refractivity contribution in [2.45, 2.75) is 104 Å². The lowest BCUT2D eigenvalue weighted by molar-refractivity contribution is 0.0596. The van der Waals surface area contributed by atoms with Crippen LogP contribution < -0.4 is 0 Å². The van der Waals surface area contributed by atoms with E-state index >= 15 is 0 Å². The number of aliphatic hydroxyl groups excluding tert-OH is 1. The molecule has 0 aromatic rings. The van der Waals surface area contributed by atoms with E-state index in [4.69, 9.17) is 0 Å². The molecule has 3 rings (SSSR count). The quantitative estimate of drug-likeness (QED) is 0.466.